The molecule has 2 aromatic rings. The van der Waals surface area contributed by atoms with Crippen LogP contribution in [0.3, 0.4) is 0 Å². The van der Waals surface area contributed by atoms with Crippen LogP contribution in [0, 0.1) is 6.92 Å². The second-order valence-corrected chi connectivity index (χ2v) is 3.89. The van der Waals surface area contributed by atoms with Crippen LogP contribution in [0.5, 0.6) is 0 Å². The molecule has 2 rings (SSSR count). The summed E-state index contributed by atoms with van der Waals surface area (Å²) in [7, 11) is 1.92. The molecule has 0 aliphatic carbocycles. The molecule has 0 bridgehead atoms. The molecule has 0 fully saturated rings. The molecule has 0 radical (unpaired) electrons. The van der Waals surface area contributed by atoms with Gasteiger partial charge in [0.25, 0.3) is 0 Å². The molecule has 0 spiro atoms. The van der Waals surface area contributed by atoms with Crippen molar-refractivity contribution in [3.63, 3.8) is 0 Å². The number of aryl methyl sites for hydroxylation is 1. The van der Waals surface area contributed by atoms with Gasteiger partial charge in [-0.3, -0.25) is 4.68 Å². The second kappa shape index (κ2) is 2.85. The van der Waals surface area contributed by atoms with Crippen molar-refractivity contribution in [1.29, 1.82) is 0 Å². The van der Waals surface area contributed by atoms with Crippen LogP contribution < -0.4 is 5.73 Å². The number of anilines is 1. The van der Waals surface area contributed by atoms with Crippen molar-refractivity contribution < 1.29 is 0 Å². The largest absolute Gasteiger partial charge is 0.375 e. The summed E-state index contributed by atoms with van der Waals surface area (Å²) in [5.74, 6) is 0. The molecule has 2 N–H and O–H groups in total. The van der Waals surface area contributed by atoms with Crippen LogP contribution in [0.1, 0.15) is 5.69 Å². The van der Waals surface area contributed by atoms with Gasteiger partial charge in [0.15, 0.2) is 5.13 Å². The van der Waals surface area contributed by atoms with E-state index in [2.05, 4.69) is 10.1 Å². The molecule has 0 aromatic carbocycles. The number of aromatic nitrogens is 3. The first kappa shape index (κ1) is 8.25. The predicted octanol–water partition coefficient (Wildman–Crippen LogP) is 1.43. The van der Waals surface area contributed by atoms with E-state index in [9.17, 15) is 0 Å². The van der Waals surface area contributed by atoms with Gasteiger partial charge in [0.05, 0.1) is 11.1 Å². The van der Waals surface area contributed by atoms with Gasteiger partial charge in [0.1, 0.15) is 0 Å². The minimum absolute atomic E-state index is 0.596. The van der Waals surface area contributed by atoms with Crippen molar-refractivity contribution in [1.82, 2.24) is 14.8 Å². The minimum atomic E-state index is 0.596. The average Bonchev–Trinajstić information content (AvgIpc) is 2.62. The van der Waals surface area contributed by atoms with Gasteiger partial charge in [-0.2, -0.15) is 5.10 Å². The molecule has 68 valence electrons. The quantitative estimate of drug-likeness (QED) is 0.747. The van der Waals surface area contributed by atoms with Crippen LogP contribution in [0.25, 0.3) is 10.4 Å². The lowest BCUT2D eigenvalue weighted by Gasteiger charge is -1.95. The summed E-state index contributed by atoms with van der Waals surface area (Å²) in [6, 6.07) is 0. The molecule has 0 saturated carbocycles. The number of nitrogens with zero attached hydrogens (tertiary/aromatic N) is 3. The van der Waals surface area contributed by atoms with Gasteiger partial charge in [0.2, 0.25) is 0 Å². The van der Waals surface area contributed by atoms with Crippen LogP contribution in [0.15, 0.2) is 12.4 Å². The fourth-order valence-corrected chi connectivity index (χ4v) is 1.90. The zero-order chi connectivity index (χ0) is 9.42. The van der Waals surface area contributed by atoms with Crippen molar-refractivity contribution in [3.05, 3.63) is 18.1 Å². The van der Waals surface area contributed by atoms with E-state index in [-0.39, 0.29) is 0 Å². The van der Waals surface area contributed by atoms with E-state index in [1.165, 1.54) is 11.3 Å². The fourth-order valence-electron chi connectivity index (χ4n) is 1.15. The maximum atomic E-state index is 5.55. The fraction of sp³-hybridized carbons (Fsp3) is 0.250. The average molecular weight is 194 g/mol. The van der Waals surface area contributed by atoms with Crippen molar-refractivity contribution in [2.75, 3.05) is 5.73 Å². The van der Waals surface area contributed by atoms with Crippen molar-refractivity contribution >= 4 is 16.5 Å². The van der Waals surface area contributed by atoms with Gasteiger partial charge >= 0.3 is 0 Å². The molecule has 2 heterocycles. The molecule has 0 aliphatic heterocycles. The van der Waals surface area contributed by atoms with Crippen molar-refractivity contribution in [3.8, 4) is 10.4 Å². The van der Waals surface area contributed by atoms with E-state index in [4.69, 9.17) is 5.73 Å². The highest BCUT2D eigenvalue weighted by atomic mass is 32.1. The molecule has 0 saturated heterocycles. The first-order valence-electron chi connectivity index (χ1n) is 3.89. The lowest BCUT2D eigenvalue weighted by molar-refractivity contribution is 0.740. The summed E-state index contributed by atoms with van der Waals surface area (Å²) >= 11 is 1.48. The van der Waals surface area contributed by atoms with Crippen molar-refractivity contribution in [2.45, 2.75) is 6.92 Å². The van der Waals surface area contributed by atoms with Gasteiger partial charge in [-0.25, -0.2) is 4.98 Å². The summed E-state index contributed by atoms with van der Waals surface area (Å²) in [4.78, 5) is 5.07. The summed E-state index contributed by atoms with van der Waals surface area (Å²) in [5, 5.41) is 4.75. The first-order chi connectivity index (χ1) is 6.18. The Labute approximate surface area is 80.0 Å². The zero-order valence-electron chi connectivity index (χ0n) is 7.48. The van der Waals surface area contributed by atoms with E-state index in [0.717, 1.165) is 16.1 Å². The molecule has 0 aliphatic rings. The maximum absolute atomic E-state index is 5.55. The Kier molecular flexibility index (Phi) is 1.81. The highest BCUT2D eigenvalue weighted by Gasteiger charge is 2.08. The van der Waals surface area contributed by atoms with Crippen LogP contribution in [-0.2, 0) is 7.05 Å². The SMILES string of the molecule is Cc1c(-c2cnc(N)s2)cnn1C. The van der Waals surface area contributed by atoms with Gasteiger partial charge in [-0.05, 0) is 6.92 Å². The number of nitrogens with two attached hydrogens (primary N) is 1. The number of nitrogen functional groups attached to an aromatic ring is 1. The van der Waals surface area contributed by atoms with E-state index < -0.39 is 0 Å². The first-order valence-corrected chi connectivity index (χ1v) is 4.70. The van der Waals surface area contributed by atoms with Gasteiger partial charge in [0, 0.05) is 24.5 Å². The number of hydrogen-bond donors (Lipinski definition) is 1. The third kappa shape index (κ3) is 1.31. The van der Waals surface area contributed by atoms with Gasteiger partial charge in [-0.15, -0.1) is 0 Å². The number of thiazole rings is 1. The predicted molar refractivity (Wildman–Crippen MR) is 53.5 cm³/mol. The Balaban J connectivity index is 2.52. The highest BCUT2D eigenvalue weighted by molar-refractivity contribution is 7.18. The van der Waals surface area contributed by atoms with Gasteiger partial charge in [-0.1, -0.05) is 11.3 Å². The molecule has 2 aromatic heterocycles. The molecular weight excluding hydrogens is 184 g/mol. The summed E-state index contributed by atoms with van der Waals surface area (Å²) in [6.07, 6.45) is 3.62. The lowest BCUT2D eigenvalue weighted by atomic mass is 10.2. The Bertz CT molecular complexity index is 429. The maximum Gasteiger partial charge on any atom is 0.180 e. The lowest BCUT2D eigenvalue weighted by Crippen LogP contribution is -1.91. The summed E-state index contributed by atoms with van der Waals surface area (Å²) < 4.78 is 1.84. The third-order valence-corrected chi connectivity index (χ3v) is 2.88. The standard InChI is InChI=1S/C8H10N4S/c1-5-6(3-11-12(5)2)7-4-10-8(9)13-7/h3-4H,1-2H3,(H2,9,10). The van der Waals surface area contributed by atoms with E-state index in [1.54, 1.807) is 6.20 Å². The summed E-state index contributed by atoms with van der Waals surface area (Å²) in [5.41, 5.74) is 7.79. The molecular formula is C8H10N4S. The molecule has 0 unspecified atom stereocenters. The molecule has 13 heavy (non-hydrogen) atoms. The molecule has 5 heteroatoms. The second-order valence-electron chi connectivity index (χ2n) is 2.83. The minimum Gasteiger partial charge on any atom is -0.375 e. The Morgan fingerprint density at radius 1 is 1.46 bits per heavy atom. The zero-order valence-corrected chi connectivity index (χ0v) is 8.30. The summed E-state index contributed by atoms with van der Waals surface area (Å²) in [6.45, 7) is 2.03. The van der Waals surface area contributed by atoms with E-state index in [1.807, 2.05) is 24.9 Å². The monoisotopic (exact) mass is 194 g/mol. The Hall–Kier alpha value is -1.36. The number of hydrogen-bond acceptors (Lipinski definition) is 4. The van der Waals surface area contributed by atoms with Crippen LogP contribution in [-0.4, -0.2) is 14.8 Å². The number of rotatable bonds is 1. The third-order valence-electron chi connectivity index (χ3n) is 2.02. The normalized spacial score (nSPS) is 10.6. The Morgan fingerprint density at radius 2 is 2.23 bits per heavy atom. The van der Waals surface area contributed by atoms with Crippen LogP contribution in [0.2, 0.25) is 0 Å². The van der Waals surface area contributed by atoms with Crippen LogP contribution in [0.4, 0.5) is 5.13 Å². The van der Waals surface area contributed by atoms with Crippen LogP contribution >= 0.6 is 11.3 Å². The van der Waals surface area contributed by atoms with E-state index in [0.29, 0.717) is 5.13 Å². The smallest absolute Gasteiger partial charge is 0.180 e. The van der Waals surface area contributed by atoms with Crippen molar-refractivity contribution in [2.24, 2.45) is 7.05 Å². The highest BCUT2D eigenvalue weighted by Crippen LogP contribution is 2.29. The Morgan fingerprint density at radius 3 is 2.69 bits per heavy atom. The molecule has 0 atom stereocenters. The topological polar surface area (TPSA) is 56.7 Å². The van der Waals surface area contributed by atoms with E-state index >= 15 is 0 Å². The molecule has 0 amide bonds. The molecule has 4 nitrogen and oxygen atoms in total. The van der Waals surface area contributed by atoms with Gasteiger partial charge < -0.3 is 5.73 Å².